The second-order valence-corrected chi connectivity index (χ2v) is 6.54. The number of hydrogen-bond donors (Lipinski definition) is 1. The Kier molecular flexibility index (Phi) is 4.75. The minimum Gasteiger partial charge on any atom is -0.306 e. The van der Waals surface area contributed by atoms with Gasteiger partial charge in [0.1, 0.15) is 16.1 Å². The summed E-state index contributed by atoms with van der Waals surface area (Å²) in [6.07, 6.45) is 0.691. The first-order valence-corrected chi connectivity index (χ1v) is 7.71. The average molecular weight is 404 g/mol. The third-order valence-electron chi connectivity index (χ3n) is 2.72. The van der Waals surface area contributed by atoms with Crippen molar-refractivity contribution in [3.05, 3.63) is 49.0 Å². The fourth-order valence-electron chi connectivity index (χ4n) is 1.84. The van der Waals surface area contributed by atoms with Crippen LogP contribution < -0.4 is 5.56 Å². The van der Waals surface area contributed by atoms with E-state index in [-0.39, 0.29) is 11.4 Å². The van der Waals surface area contributed by atoms with Gasteiger partial charge in [-0.1, -0.05) is 13.8 Å². The topological polar surface area (TPSA) is 45.8 Å². The number of aromatic nitrogens is 2. The summed E-state index contributed by atoms with van der Waals surface area (Å²) >= 11 is 6.56. The maximum Gasteiger partial charge on any atom is 0.265 e. The van der Waals surface area contributed by atoms with E-state index in [2.05, 4.69) is 55.7 Å². The molecule has 1 heterocycles. The number of rotatable bonds is 3. The van der Waals surface area contributed by atoms with E-state index in [1.807, 2.05) is 0 Å². The van der Waals surface area contributed by atoms with E-state index < -0.39 is 0 Å². The summed E-state index contributed by atoms with van der Waals surface area (Å²) in [5.41, 5.74) is 1.12. The number of hydrogen-bond acceptors (Lipinski definition) is 2. The lowest BCUT2D eigenvalue weighted by Gasteiger charge is -2.10. The Bertz CT molecular complexity index is 698. The van der Waals surface area contributed by atoms with Gasteiger partial charge in [-0.15, -0.1) is 0 Å². The molecular formula is C14H13Br2FN2O. The van der Waals surface area contributed by atoms with Gasteiger partial charge in [0.2, 0.25) is 0 Å². The van der Waals surface area contributed by atoms with Crippen molar-refractivity contribution < 1.29 is 4.39 Å². The van der Waals surface area contributed by atoms with Crippen LogP contribution in [0.15, 0.2) is 31.9 Å². The van der Waals surface area contributed by atoms with E-state index >= 15 is 0 Å². The molecule has 0 atom stereocenters. The molecule has 106 valence electrons. The van der Waals surface area contributed by atoms with Crippen molar-refractivity contribution in [2.24, 2.45) is 5.92 Å². The molecule has 0 saturated heterocycles. The van der Waals surface area contributed by atoms with Crippen molar-refractivity contribution in [1.29, 1.82) is 0 Å². The standard InChI is InChI=1S/C14H13Br2FN2O/c1-7(2)5-11-12(16)14(20)19-13(18-11)9-4-3-8(17)6-10(9)15/h3-4,6-7H,5H2,1-2H3,(H,18,19,20). The number of nitrogens with one attached hydrogen (secondary N) is 1. The fourth-order valence-corrected chi connectivity index (χ4v) is 2.72. The third kappa shape index (κ3) is 3.35. The molecule has 2 aromatic rings. The molecule has 0 saturated carbocycles. The zero-order valence-corrected chi connectivity index (χ0v) is 14.2. The predicted molar refractivity (Wildman–Crippen MR) is 84.2 cm³/mol. The minimum atomic E-state index is -0.345. The van der Waals surface area contributed by atoms with Gasteiger partial charge >= 0.3 is 0 Å². The van der Waals surface area contributed by atoms with E-state index in [1.54, 1.807) is 6.07 Å². The van der Waals surface area contributed by atoms with Crippen LogP contribution in [0.5, 0.6) is 0 Å². The molecule has 0 amide bonds. The highest BCUT2D eigenvalue weighted by Gasteiger charge is 2.13. The third-order valence-corrected chi connectivity index (χ3v) is 4.19. The summed E-state index contributed by atoms with van der Waals surface area (Å²) in [4.78, 5) is 19.1. The molecular weight excluding hydrogens is 391 g/mol. The maximum atomic E-state index is 13.1. The van der Waals surface area contributed by atoms with Crippen LogP contribution in [-0.2, 0) is 6.42 Å². The number of benzene rings is 1. The maximum absolute atomic E-state index is 13.1. The summed E-state index contributed by atoms with van der Waals surface area (Å²) in [6.45, 7) is 4.12. The van der Waals surface area contributed by atoms with Crippen molar-refractivity contribution in [3.63, 3.8) is 0 Å². The Hall–Kier alpha value is -1.01. The molecule has 0 unspecified atom stereocenters. The lowest BCUT2D eigenvalue weighted by Crippen LogP contribution is -2.15. The van der Waals surface area contributed by atoms with Crippen molar-refractivity contribution in [3.8, 4) is 11.4 Å². The van der Waals surface area contributed by atoms with Crippen LogP contribution >= 0.6 is 31.9 Å². The van der Waals surface area contributed by atoms with Gasteiger partial charge in [0.05, 0.1) is 5.69 Å². The predicted octanol–water partition coefficient (Wildman–Crippen LogP) is 4.30. The molecule has 2 rings (SSSR count). The average Bonchev–Trinajstić information content (AvgIpc) is 2.34. The molecule has 0 aliphatic heterocycles. The number of nitrogens with zero attached hydrogens (tertiary/aromatic N) is 1. The molecule has 1 aromatic carbocycles. The number of aromatic amines is 1. The normalized spacial score (nSPS) is 11.1. The zero-order chi connectivity index (χ0) is 14.9. The summed E-state index contributed by atoms with van der Waals surface area (Å²) in [5.74, 6) is 0.466. The lowest BCUT2D eigenvalue weighted by molar-refractivity contribution is 0.627. The molecule has 0 aliphatic carbocycles. The second-order valence-electron chi connectivity index (χ2n) is 4.90. The highest BCUT2D eigenvalue weighted by atomic mass is 79.9. The highest BCUT2D eigenvalue weighted by molar-refractivity contribution is 9.10. The van der Waals surface area contributed by atoms with Gasteiger partial charge in [-0.3, -0.25) is 4.79 Å². The van der Waals surface area contributed by atoms with Gasteiger partial charge in [0, 0.05) is 10.0 Å². The Morgan fingerprint density at radius 1 is 1.35 bits per heavy atom. The van der Waals surface area contributed by atoms with Crippen LogP contribution in [0.4, 0.5) is 4.39 Å². The first-order chi connectivity index (χ1) is 9.38. The first-order valence-electron chi connectivity index (χ1n) is 6.12. The Morgan fingerprint density at radius 2 is 2.05 bits per heavy atom. The minimum absolute atomic E-state index is 0.234. The summed E-state index contributed by atoms with van der Waals surface area (Å²) in [7, 11) is 0. The van der Waals surface area contributed by atoms with Crippen LogP contribution in [-0.4, -0.2) is 9.97 Å². The number of halogens is 3. The van der Waals surface area contributed by atoms with Crippen LogP contribution in [0.25, 0.3) is 11.4 Å². The van der Waals surface area contributed by atoms with Crippen LogP contribution in [0, 0.1) is 11.7 Å². The molecule has 3 nitrogen and oxygen atoms in total. The van der Waals surface area contributed by atoms with E-state index in [1.165, 1.54) is 12.1 Å². The van der Waals surface area contributed by atoms with E-state index in [4.69, 9.17) is 0 Å². The Labute approximate surface area is 132 Å². The molecule has 0 aliphatic rings. The first kappa shape index (κ1) is 15.4. The smallest absolute Gasteiger partial charge is 0.265 e. The summed E-state index contributed by atoms with van der Waals surface area (Å²) in [6, 6.07) is 4.27. The zero-order valence-electron chi connectivity index (χ0n) is 11.0. The van der Waals surface area contributed by atoms with Gasteiger partial charge in [-0.2, -0.15) is 0 Å². The van der Waals surface area contributed by atoms with Crippen molar-refractivity contribution >= 4 is 31.9 Å². The fraction of sp³-hybridized carbons (Fsp3) is 0.286. The molecule has 20 heavy (non-hydrogen) atoms. The van der Waals surface area contributed by atoms with E-state index in [0.717, 1.165) is 0 Å². The van der Waals surface area contributed by atoms with Gasteiger partial charge in [-0.25, -0.2) is 9.37 Å². The van der Waals surface area contributed by atoms with Crippen molar-refractivity contribution in [2.45, 2.75) is 20.3 Å². The molecule has 0 radical (unpaired) electrons. The van der Waals surface area contributed by atoms with Gasteiger partial charge in [-0.05, 0) is 62.4 Å². The number of H-pyrrole nitrogens is 1. The quantitative estimate of drug-likeness (QED) is 0.830. The highest BCUT2D eigenvalue weighted by Crippen LogP contribution is 2.27. The Morgan fingerprint density at radius 3 is 2.65 bits per heavy atom. The summed E-state index contributed by atoms with van der Waals surface area (Å²) in [5, 5.41) is 0. The van der Waals surface area contributed by atoms with Crippen LogP contribution in [0.2, 0.25) is 0 Å². The van der Waals surface area contributed by atoms with Crippen LogP contribution in [0.3, 0.4) is 0 Å². The van der Waals surface area contributed by atoms with Gasteiger partial charge < -0.3 is 4.98 Å². The molecule has 0 fully saturated rings. The van der Waals surface area contributed by atoms with Gasteiger partial charge in [0.25, 0.3) is 5.56 Å². The van der Waals surface area contributed by atoms with E-state index in [0.29, 0.717) is 38.4 Å². The second kappa shape index (κ2) is 6.18. The van der Waals surface area contributed by atoms with E-state index in [9.17, 15) is 9.18 Å². The molecule has 1 N–H and O–H groups in total. The summed E-state index contributed by atoms with van der Waals surface area (Å²) < 4.78 is 14.1. The van der Waals surface area contributed by atoms with Crippen molar-refractivity contribution in [2.75, 3.05) is 0 Å². The largest absolute Gasteiger partial charge is 0.306 e. The lowest BCUT2D eigenvalue weighted by atomic mass is 10.1. The Balaban J connectivity index is 2.57. The molecule has 0 spiro atoms. The monoisotopic (exact) mass is 402 g/mol. The molecule has 6 heteroatoms. The molecule has 1 aromatic heterocycles. The SMILES string of the molecule is CC(C)Cc1nc(-c2ccc(F)cc2Br)[nH]c(=O)c1Br. The van der Waals surface area contributed by atoms with Crippen molar-refractivity contribution in [1.82, 2.24) is 9.97 Å². The molecule has 0 bridgehead atoms. The van der Waals surface area contributed by atoms with Gasteiger partial charge in [0.15, 0.2) is 0 Å². The van der Waals surface area contributed by atoms with Crippen LogP contribution in [0.1, 0.15) is 19.5 Å².